The summed E-state index contributed by atoms with van der Waals surface area (Å²) in [6.45, 7) is 7.90. The van der Waals surface area contributed by atoms with Gasteiger partial charge in [0.25, 0.3) is 0 Å². The fraction of sp³-hybridized carbons (Fsp3) is 0.571. The van der Waals surface area contributed by atoms with Crippen LogP contribution in [0.15, 0.2) is 18.2 Å². The second-order valence-electron chi connectivity index (χ2n) is 5.93. The van der Waals surface area contributed by atoms with E-state index in [-0.39, 0.29) is 17.5 Å². The number of anilines is 1. The van der Waals surface area contributed by atoms with Gasteiger partial charge in [-0.3, -0.25) is 0 Å². The minimum atomic E-state index is -0.460. The molecular formula is C14H20FNO2. The van der Waals surface area contributed by atoms with Crippen LogP contribution >= 0.6 is 0 Å². The van der Waals surface area contributed by atoms with Crippen LogP contribution in [-0.2, 0) is 4.74 Å². The molecule has 3 nitrogen and oxygen atoms in total. The van der Waals surface area contributed by atoms with Crippen LogP contribution < -0.4 is 10.5 Å². The van der Waals surface area contributed by atoms with Gasteiger partial charge in [0.1, 0.15) is 11.7 Å². The first-order valence-electron chi connectivity index (χ1n) is 6.12. The molecule has 0 amide bonds. The lowest BCUT2D eigenvalue weighted by molar-refractivity contribution is -0.0848. The lowest BCUT2D eigenvalue weighted by Crippen LogP contribution is -2.37. The molecule has 1 saturated heterocycles. The molecule has 1 fully saturated rings. The number of nitrogen functional groups attached to an aromatic ring is 1. The third-order valence-corrected chi connectivity index (χ3v) is 3.25. The van der Waals surface area contributed by atoms with Gasteiger partial charge in [-0.1, -0.05) is 6.07 Å². The molecule has 4 heteroatoms. The summed E-state index contributed by atoms with van der Waals surface area (Å²) >= 11 is 0. The van der Waals surface area contributed by atoms with Crippen molar-refractivity contribution in [3.8, 4) is 5.75 Å². The van der Waals surface area contributed by atoms with Crippen molar-refractivity contribution in [2.45, 2.75) is 51.4 Å². The predicted octanol–water partition coefficient (Wildman–Crippen LogP) is 3.13. The topological polar surface area (TPSA) is 44.5 Å². The number of ether oxygens (including phenoxy) is 2. The molecule has 1 heterocycles. The van der Waals surface area contributed by atoms with Crippen LogP contribution in [0.2, 0.25) is 0 Å². The molecule has 1 aromatic carbocycles. The molecule has 1 aliphatic heterocycles. The van der Waals surface area contributed by atoms with Gasteiger partial charge in [-0.25, -0.2) is 4.39 Å². The number of para-hydroxylation sites is 1. The molecule has 1 aliphatic rings. The van der Waals surface area contributed by atoms with Gasteiger partial charge in [-0.2, -0.15) is 0 Å². The van der Waals surface area contributed by atoms with Crippen molar-refractivity contribution in [3.63, 3.8) is 0 Å². The summed E-state index contributed by atoms with van der Waals surface area (Å²) in [5, 5.41) is 0. The average molecular weight is 253 g/mol. The van der Waals surface area contributed by atoms with Crippen molar-refractivity contribution in [3.05, 3.63) is 24.0 Å². The molecule has 1 unspecified atom stereocenters. The summed E-state index contributed by atoms with van der Waals surface area (Å²) in [5.74, 6) is -0.313. The molecule has 0 bridgehead atoms. The van der Waals surface area contributed by atoms with Crippen molar-refractivity contribution in [1.29, 1.82) is 0 Å². The lowest BCUT2D eigenvalue weighted by atomic mass is 9.97. The fourth-order valence-electron chi connectivity index (χ4n) is 2.49. The van der Waals surface area contributed by atoms with Gasteiger partial charge in [-0.05, 0) is 39.8 Å². The van der Waals surface area contributed by atoms with Crippen molar-refractivity contribution in [2.24, 2.45) is 0 Å². The van der Waals surface area contributed by atoms with Crippen molar-refractivity contribution < 1.29 is 13.9 Å². The van der Waals surface area contributed by atoms with E-state index in [1.54, 1.807) is 12.1 Å². The van der Waals surface area contributed by atoms with Crippen LogP contribution in [0.3, 0.4) is 0 Å². The van der Waals surface area contributed by atoms with Crippen LogP contribution in [0.5, 0.6) is 5.75 Å². The minimum Gasteiger partial charge on any atom is -0.482 e. The monoisotopic (exact) mass is 253 g/mol. The first-order chi connectivity index (χ1) is 8.21. The molecule has 1 atom stereocenters. The fourth-order valence-corrected chi connectivity index (χ4v) is 2.49. The maximum Gasteiger partial charge on any atom is 0.178 e. The van der Waals surface area contributed by atoms with Gasteiger partial charge in [0.15, 0.2) is 11.6 Å². The van der Waals surface area contributed by atoms with E-state index in [2.05, 4.69) is 0 Å². The van der Waals surface area contributed by atoms with Crippen molar-refractivity contribution >= 4 is 5.69 Å². The van der Waals surface area contributed by atoms with E-state index < -0.39 is 11.4 Å². The van der Waals surface area contributed by atoms with E-state index in [0.29, 0.717) is 12.1 Å². The Morgan fingerprint density at radius 3 is 2.50 bits per heavy atom. The second kappa shape index (κ2) is 4.12. The minimum absolute atomic E-state index is 0.122. The molecule has 100 valence electrons. The van der Waals surface area contributed by atoms with Crippen LogP contribution in [0.1, 0.15) is 34.1 Å². The number of halogens is 1. The van der Waals surface area contributed by atoms with Gasteiger partial charge in [-0.15, -0.1) is 0 Å². The summed E-state index contributed by atoms with van der Waals surface area (Å²) in [4.78, 5) is 0. The van der Waals surface area contributed by atoms with E-state index in [9.17, 15) is 4.39 Å². The number of benzene rings is 1. The predicted molar refractivity (Wildman–Crippen MR) is 69.1 cm³/mol. The molecular weight excluding hydrogens is 233 g/mol. The Kier molecular flexibility index (Phi) is 3.01. The van der Waals surface area contributed by atoms with Crippen LogP contribution in [0.25, 0.3) is 0 Å². The highest BCUT2D eigenvalue weighted by atomic mass is 19.1. The maximum atomic E-state index is 13.7. The highest BCUT2D eigenvalue weighted by Crippen LogP contribution is 2.40. The number of hydrogen-bond acceptors (Lipinski definition) is 3. The first-order valence-corrected chi connectivity index (χ1v) is 6.12. The summed E-state index contributed by atoms with van der Waals surface area (Å²) in [7, 11) is 0. The molecule has 0 radical (unpaired) electrons. The molecule has 0 aliphatic carbocycles. The smallest absolute Gasteiger partial charge is 0.178 e. The Balaban J connectivity index is 2.25. The largest absolute Gasteiger partial charge is 0.482 e. The molecule has 0 spiro atoms. The zero-order valence-electron chi connectivity index (χ0n) is 11.3. The summed E-state index contributed by atoms with van der Waals surface area (Å²) < 4.78 is 25.4. The molecule has 2 rings (SSSR count). The highest BCUT2D eigenvalue weighted by Gasteiger charge is 2.47. The Labute approximate surface area is 107 Å². The Morgan fingerprint density at radius 1 is 1.33 bits per heavy atom. The molecule has 18 heavy (non-hydrogen) atoms. The van der Waals surface area contributed by atoms with Crippen LogP contribution in [0, 0.1) is 5.82 Å². The average Bonchev–Trinajstić information content (AvgIpc) is 2.40. The second-order valence-corrected chi connectivity index (χ2v) is 5.93. The van der Waals surface area contributed by atoms with E-state index in [1.165, 1.54) is 6.07 Å². The molecule has 0 aromatic heterocycles. The summed E-state index contributed by atoms with van der Waals surface area (Å²) in [5.41, 5.74) is 5.34. The summed E-state index contributed by atoms with van der Waals surface area (Å²) in [6.07, 6.45) is 0.486. The lowest BCUT2D eigenvalue weighted by Gasteiger charge is -2.27. The normalized spacial score (nSPS) is 25.1. The highest BCUT2D eigenvalue weighted by molar-refractivity contribution is 5.53. The Bertz CT molecular complexity index is 437. The van der Waals surface area contributed by atoms with Gasteiger partial charge in [0, 0.05) is 6.42 Å². The molecule has 0 saturated carbocycles. The Morgan fingerprint density at radius 2 is 2.00 bits per heavy atom. The third kappa shape index (κ3) is 2.43. The van der Waals surface area contributed by atoms with Gasteiger partial charge in [0.05, 0.1) is 11.3 Å². The third-order valence-electron chi connectivity index (χ3n) is 3.25. The van der Waals surface area contributed by atoms with E-state index in [0.717, 1.165) is 0 Å². The van der Waals surface area contributed by atoms with Gasteiger partial charge in [0.2, 0.25) is 0 Å². The van der Waals surface area contributed by atoms with Gasteiger partial charge >= 0.3 is 0 Å². The number of hydrogen-bond donors (Lipinski definition) is 1. The molecule has 1 aromatic rings. The van der Waals surface area contributed by atoms with E-state index in [1.807, 2.05) is 27.7 Å². The van der Waals surface area contributed by atoms with E-state index >= 15 is 0 Å². The van der Waals surface area contributed by atoms with Crippen LogP contribution in [-0.4, -0.2) is 17.3 Å². The SMILES string of the molecule is CC1(C)CC(Oc2c(N)cccc2F)C(C)(C)O1. The maximum absolute atomic E-state index is 13.7. The van der Waals surface area contributed by atoms with Gasteiger partial charge < -0.3 is 15.2 Å². The zero-order chi connectivity index (χ0) is 13.6. The van der Waals surface area contributed by atoms with E-state index in [4.69, 9.17) is 15.2 Å². The number of nitrogens with two attached hydrogens (primary N) is 1. The van der Waals surface area contributed by atoms with Crippen molar-refractivity contribution in [2.75, 3.05) is 5.73 Å². The summed E-state index contributed by atoms with van der Waals surface area (Å²) in [6, 6.07) is 4.55. The van der Waals surface area contributed by atoms with Crippen molar-refractivity contribution in [1.82, 2.24) is 0 Å². The number of rotatable bonds is 2. The van der Waals surface area contributed by atoms with Crippen LogP contribution in [0.4, 0.5) is 10.1 Å². The Hall–Kier alpha value is -1.29. The standard InChI is InChI=1S/C14H20FNO2/c1-13(2)8-11(14(3,4)18-13)17-12-9(15)6-5-7-10(12)16/h5-7,11H,8,16H2,1-4H3. The molecule has 2 N–H and O–H groups in total. The first kappa shape index (κ1) is 13.1. The quantitative estimate of drug-likeness (QED) is 0.823. The zero-order valence-corrected chi connectivity index (χ0v) is 11.3.